The number of nitrogens with zero attached hydrogens (tertiary/aromatic N) is 2. The van der Waals surface area contributed by atoms with E-state index < -0.39 is 0 Å². The van der Waals surface area contributed by atoms with Crippen LogP contribution in [0.5, 0.6) is 0 Å². The highest BCUT2D eigenvalue weighted by Crippen LogP contribution is 2.09. The lowest BCUT2D eigenvalue weighted by molar-refractivity contribution is 0.0763. The molecule has 1 rings (SSSR count). The molecule has 0 unspecified atom stereocenters. The van der Waals surface area contributed by atoms with E-state index in [0.717, 1.165) is 45.0 Å². The van der Waals surface area contributed by atoms with Gasteiger partial charge < -0.3 is 15.4 Å². The second-order valence-corrected chi connectivity index (χ2v) is 5.27. The maximum Gasteiger partial charge on any atom is 0.191 e. The fraction of sp³-hybridized carbons (Fsp3) is 0.929. The van der Waals surface area contributed by atoms with Crippen molar-refractivity contribution in [3.63, 3.8) is 0 Å². The predicted molar refractivity (Wildman–Crippen MR) is 92.3 cm³/mol. The minimum absolute atomic E-state index is 0. The van der Waals surface area contributed by atoms with Crippen LogP contribution in [0.4, 0.5) is 0 Å². The van der Waals surface area contributed by atoms with E-state index >= 15 is 0 Å². The fourth-order valence-electron chi connectivity index (χ4n) is 2.13. The van der Waals surface area contributed by atoms with Crippen molar-refractivity contribution in [1.29, 1.82) is 0 Å². The van der Waals surface area contributed by atoms with Gasteiger partial charge in [-0.1, -0.05) is 12.8 Å². The molecule has 5 heteroatoms. The molecule has 4 nitrogen and oxygen atoms in total. The van der Waals surface area contributed by atoms with E-state index in [1.165, 1.54) is 25.7 Å². The fourth-order valence-corrected chi connectivity index (χ4v) is 2.13. The first kappa shape index (κ1) is 19.0. The Labute approximate surface area is 135 Å². The van der Waals surface area contributed by atoms with Crippen LogP contribution in [0.3, 0.4) is 0 Å². The number of ether oxygens (including phenoxy) is 1. The van der Waals surface area contributed by atoms with Crippen LogP contribution < -0.4 is 5.73 Å². The largest absolute Gasteiger partial charge is 0.379 e. The molecule has 0 aliphatic carbocycles. The van der Waals surface area contributed by atoms with E-state index in [0.29, 0.717) is 6.10 Å². The maximum absolute atomic E-state index is 6.03. The van der Waals surface area contributed by atoms with Crippen molar-refractivity contribution in [2.75, 3.05) is 26.2 Å². The first-order valence-electron chi connectivity index (χ1n) is 7.36. The normalized spacial score (nSPS) is 17.2. The van der Waals surface area contributed by atoms with Crippen LogP contribution in [0.25, 0.3) is 0 Å². The highest BCUT2D eigenvalue weighted by atomic mass is 127. The molecule has 0 spiro atoms. The highest BCUT2D eigenvalue weighted by Gasteiger charge is 2.10. The first-order chi connectivity index (χ1) is 8.70. The van der Waals surface area contributed by atoms with Crippen molar-refractivity contribution in [2.45, 2.75) is 58.5 Å². The molecule has 1 heterocycles. The Hall–Kier alpha value is -0.0400. The number of rotatable bonds is 6. The van der Waals surface area contributed by atoms with E-state index in [1.54, 1.807) is 0 Å². The molecule has 1 aliphatic rings. The number of hydrogen-bond donors (Lipinski definition) is 1. The molecule has 1 aliphatic heterocycles. The van der Waals surface area contributed by atoms with Gasteiger partial charge >= 0.3 is 0 Å². The Morgan fingerprint density at radius 3 is 2.37 bits per heavy atom. The Balaban J connectivity index is 0.00000324. The lowest BCUT2D eigenvalue weighted by Gasteiger charge is -2.21. The number of unbranched alkanes of at least 4 members (excludes halogenated alkanes) is 1. The number of nitrogens with two attached hydrogens (primary N) is 1. The molecular weight excluding hydrogens is 353 g/mol. The molecule has 1 fully saturated rings. The van der Waals surface area contributed by atoms with Crippen molar-refractivity contribution in [3.8, 4) is 0 Å². The van der Waals surface area contributed by atoms with E-state index in [9.17, 15) is 0 Å². The number of likely N-dealkylation sites (tertiary alicyclic amines) is 1. The zero-order chi connectivity index (χ0) is 13.2. The summed E-state index contributed by atoms with van der Waals surface area (Å²) in [5.41, 5.74) is 6.03. The van der Waals surface area contributed by atoms with Crippen molar-refractivity contribution in [1.82, 2.24) is 4.90 Å². The summed E-state index contributed by atoms with van der Waals surface area (Å²) in [4.78, 5) is 6.70. The molecule has 0 saturated carbocycles. The van der Waals surface area contributed by atoms with Crippen LogP contribution in [0.15, 0.2) is 4.99 Å². The minimum atomic E-state index is 0. The molecule has 0 amide bonds. The van der Waals surface area contributed by atoms with Gasteiger partial charge in [0.15, 0.2) is 5.96 Å². The standard InChI is InChI=1S/C14H29N3O.HI/c1-13(2)18-12-8-5-9-16-14(15)17-10-6-3-4-7-11-17;/h13H,3-12H2,1-2H3,(H2,15,16);1H. The van der Waals surface area contributed by atoms with Crippen LogP contribution >= 0.6 is 24.0 Å². The van der Waals surface area contributed by atoms with E-state index in [1.807, 2.05) is 0 Å². The lowest BCUT2D eigenvalue weighted by Crippen LogP contribution is -2.38. The van der Waals surface area contributed by atoms with Gasteiger partial charge in [-0.2, -0.15) is 0 Å². The summed E-state index contributed by atoms with van der Waals surface area (Å²) in [7, 11) is 0. The van der Waals surface area contributed by atoms with Gasteiger partial charge in [0.05, 0.1) is 6.10 Å². The summed E-state index contributed by atoms with van der Waals surface area (Å²) in [6.07, 6.45) is 7.61. The van der Waals surface area contributed by atoms with Gasteiger partial charge in [-0.05, 0) is 39.5 Å². The van der Waals surface area contributed by atoms with Crippen LogP contribution in [0.2, 0.25) is 0 Å². The molecule has 0 aromatic rings. The van der Waals surface area contributed by atoms with Crippen LogP contribution in [-0.2, 0) is 4.74 Å². The molecule has 2 N–H and O–H groups in total. The summed E-state index contributed by atoms with van der Waals surface area (Å²) in [5, 5.41) is 0. The van der Waals surface area contributed by atoms with Gasteiger partial charge in [0.1, 0.15) is 0 Å². The minimum Gasteiger partial charge on any atom is -0.379 e. The summed E-state index contributed by atoms with van der Waals surface area (Å²) in [6, 6.07) is 0. The smallest absolute Gasteiger partial charge is 0.191 e. The molecule has 0 aromatic carbocycles. The van der Waals surface area contributed by atoms with Crippen LogP contribution in [-0.4, -0.2) is 43.2 Å². The van der Waals surface area contributed by atoms with Crippen molar-refractivity contribution >= 4 is 29.9 Å². The Kier molecular flexibility index (Phi) is 11.7. The van der Waals surface area contributed by atoms with Crippen molar-refractivity contribution in [2.24, 2.45) is 10.7 Å². The summed E-state index contributed by atoms with van der Waals surface area (Å²) in [6.45, 7) is 7.93. The van der Waals surface area contributed by atoms with Crippen LogP contribution in [0, 0.1) is 0 Å². The summed E-state index contributed by atoms with van der Waals surface area (Å²) >= 11 is 0. The second-order valence-electron chi connectivity index (χ2n) is 5.27. The van der Waals surface area contributed by atoms with Crippen molar-refractivity contribution < 1.29 is 4.74 Å². The van der Waals surface area contributed by atoms with Gasteiger partial charge in [0, 0.05) is 26.2 Å². The molecule has 114 valence electrons. The number of guanidine groups is 1. The SMILES string of the molecule is CC(C)OCCCCN=C(N)N1CCCCCC1.I. The first-order valence-corrected chi connectivity index (χ1v) is 7.36. The van der Waals surface area contributed by atoms with Gasteiger partial charge in [0.2, 0.25) is 0 Å². The number of hydrogen-bond acceptors (Lipinski definition) is 2. The third-order valence-electron chi connectivity index (χ3n) is 3.21. The Morgan fingerprint density at radius 2 is 1.79 bits per heavy atom. The third-order valence-corrected chi connectivity index (χ3v) is 3.21. The molecule has 0 radical (unpaired) electrons. The molecule has 0 atom stereocenters. The van der Waals surface area contributed by atoms with E-state index in [-0.39, 0.29) is 24.0 Å². The highest BCUT2D eigenvalue weighted by molar-refractivity contribution is 14.0. The molecule has 0 bridgehead atoms. The molecule has 1 saturated heterocycles. The lowest BCUT2D eigenvalue weighted by atomic mass is 10.2. The monoisotopic (exact) mass is 383 g/mol. The second kappa shape index (κ2) is 11.8. The van der Waals surface area contributed by atoms with Gasteiger partial charge in [-0.3, -0.25) is 4.99 Å². The average Bonchev–Trinajstić information content (AvgIpc) is 2.61. The zero-order valence-corrected chi connectivity index (χ0v) is 14.8. The van der Waals surface area contributed by atoms with E-state index in [4.69, 9.17) is 10.5 Å². The average molecular weight is 383 g/mol. The van der Waals surface area contributed by atoms with Crippen molar-refractivity contribution in [3.05, 3.63) is 0 Å². The van der Waals surface area contributed by atoms with Gasteiger partial charge in [-0.15, -0.1) is 24.0 Å². The van der Waals surface area contributed by atoms with E-state index in [2.05, 4.69) is 23.7 Å². The third kappa shape index (κ3) is 9.49. The zero-order valence-electron chi connectivity index (χ0n) is 12.4. The molecular formula is C14H30IN3O. The summed E-state index contributed by atoms with van der Waals surface area (Å²) in [5.74, 6) is 0.738. The van der Waals surface area contributed by atoms with Gasteiger partial charge in [0.25, 0.3) is 0 Å². The molecule has 19 heavy (non-hydrogen) atoms. The maximum atomic E-state index is 6.03. The Bertz CT molecular complexity index is 239. The number of halogens is 1. The summed E-state index contributed by atoms with van der Waals surface area (Å²) < 4.78 is 5.49. The van der Waals surface area contributed by atoms with Crippen LogP contribution in [0.1, 0.15) is 52.4 Å². The predicted octanol–water partition coefficient (Wildman–Crippen LogP) is 3.00. The topological polar surface area (TPSA) is 50.9 Å². The molecule has 0 aromatic heterocycles. The van der Waals surface area contributed by atoms with Gasteiger partial charge in [-0.25, -0.2) is 0 Å². The quantitative estimate of drug-likeness (QED) is 0.332. The Morgan fingerprint density at radius 1 is 1.16 bits per heavy atom. The number of aliphatic imine (C=N–C) groups is 1.